The van der Waals surface area contributed by atoms with Crippen LogP contribution in [0.15, 0.2) is 46.2 Å². The minimum absolute atomic E-state index is 0.103. The lowest BCUT2D eigenvalue weighted by Crippen LogP contribution is -2.46. The van der Waals surface area contributed by atoms with Gasteiger partial charge in [0.1, 0.15) is 11.6 Å². The molecule has 0 saturated carbocycles. The van der Waals surface area contributed by atoms with Gasteiger partial charge in [0.25, 0.3) is 5.91 Å². The Balaban J connectivity index is 1.30. The standard InChI is InChI=1S/C24H33FN4O2/c25-22-12-21(7-6-18(22)13-26-20-15-31-16-20)29-10-4-5-17-11-19(14-27-23(17)29)24(30)28-8-2-1-3-9-28/h11-12,20,26-27H,1-10,13-16H2. The van der Waals surface area contributed by atoms with E-state index in [1.807, 2.05) is 4.90 Å². The number of ether oxygens (including phenoxy) is 1. The molecular weight excluding hydrogens is 395 g/mol. The lowest BCUT2D eigenvalue weighted by atomic mass is 9.95. The highest BCUT2D eigenvalue weighted by Gasteiger charge is 2.30. The van der Waals surface area contributed by atoms with Gasteiger partial charge < -0.3 is 25.2 Å². The number of nitrogens with one attached hydrogen (secondary N) is 2. The molecule has 0 bridgehead atoms. The van der Waals surface area contributed by atoms with Gasteiger partial charge in [0.2, 0.25) is 0 Å². The van der Waals surface area contributed by atoms with E-state index in [1.54, 1.807) is 6.08 Å². The third kappa shape index (κ3) is 4.44. The molecule has 0 radical (unpaired) electrons. The first-order valence-corrected chi connectivity index (χ1v) is 11.8. The maximum absolute atomic E-state index is 14.8. The molecule has 0 spiro atoms. The quantitative estimate of drug-likeness (QED) is 0.705. The molecule has 4 heterocycles. The van der Waals surface area contributed by atoms with E-state index in [0.717, 1.165) is 94.0 Å². The van der Waals surface area contributed by atoms with Crippen molar-refractivity contribution in [2.45, 2.75) is 51.0 Å². The zero-order valence-electron chi connectivity index (χ0n) is 18.2. The van der Waals surface area contributed by atoms with Crippen LogP contribution in [0.3, 0.4) is 0 Å². The monoisotopic (exact) mass is 428 g/mol. The molecular formula is C24H33FN4O2. The topological polar surface area (TPSA) is 56.8 Å². The average molecular weight is 429 g/mol. The minimum atomic E-state index is -0.103. The maximum atomic E-state index is 14.8. The highest BCUT2D eigenvalue weighted by atomic mass is 19.1. The van der Waals surface area contributed by atoms with Crippen LogP contribution < -0.4 is 10.6 Å². The summed E-state index contributed by atoms with van der Waals surface area (Å²) in [5, 5.41) is 6.87. The summed E-state index contributed by atoms with van der Waals surface area (Å²) in [6.07, 6.45) is 10.8. The summed E-state index contributed by atoms with van der Waals surface area (Å²) in [7, 11) is 0. The molecule has 2 N–H and O–H groups in total. The Morgan fingerprint density at radius 1 is 1.10 bits per heavy atom. The van der Waals surface area contributed by atoms with E-state index in [1.165, 1.54) is 12.0 Å². The molecule has 7 heteroatoms. The second-order valence-electron chi connectivity index (χ2n) is 9.21. The van der Waals surface area contributed by atoms with Gasteiger partial charge in [-0.2, -0.15) is 0 Å². The Bertz CT molecular complexity index is 850. The maximum Gasteiger partial charge on any atom is 0.251 e. The number of allylic oxidation sites excluding steroid dienone is 5. The predicted molar refractivity (Wildman–Crippen MR) is 118 cm³/mol. The minimum Gasteiger partial charge on any atom is -0.378 e. The molecule has 2 fully saturated rings. The number of hydrogen-bond donors (Lipinski definition) is 2. The van der Waals surface area contributed by atoms with Gasteiger partial charge in [0, 0.05) is 44.0 Å². The molecule has 168 valence electrons. The van der Waals surface area contributed by atoms with Crippen molar-refractivity contribution in [1.82, 2.24) is 20.4 Å². The zero-order chi connectivity index (χ0) is 21.2. The van der Waals surface area contributed by atoms with E-state index < -0.39 is 0 Å². The lowest BCUT2D eigenvalue weighted by Gasteiger charge is -2.39. The molecule has 2 saturated heterocycles. The molecule has 5 rings (SSSR count). The van der Waals surface area contributed by atoms with Crippen molar-refractivity contribution in [1.29, 1.82) is 0 Å². The van der Waals surface area contributed by atoms with Crippen LogP contribution in [0.25, 0.3) is 0 Å². The molecule has 4 aliphatic heterocycles. The van der Waals surface area contributed by atoms with E-state index in [9.17, 15) is 9.18 Å². The van der Waals surface area contributed by atoms with Crippen LogP contribution in [0.2, 0.25) is 0 Å². The first-order chi connectivity index (χ1) is 15.2. The number of carbonyl (C=O) groups excluding carboxylic acids is 1. The SMILES string of the molecule is O=C(C1=CC2=C(NC1)N(C1=CC(F)=C(CNC3COC3)CC1)CCC2)N1CCCCC1. The Hall–Kier alpha value is -2.12. The van der Waals surface area contributed by atoms with Crippen LogP contribution >= 0.6 is 0 Å². The van der Waals surface area contributed by atoms with Gasteiger partial charge in [-0.1, -0.05) is 0 Å². The smallest absolute Gasteiger partial charge is 0.251 e. The van der Waals surface area contributed by atoms with E-state index in [-0.39, 0.29) is 11.7 Å². The molecule has 0 atom stereocenters. The van der Waals surface area contributed by atoms with Crippen LogP contribution in [0.5, 0.6) is 0 Å². The molecule has 5 aliphatic rings. The number of halogens is 1. The summed E-state index contributed by atoms with van der Waals surface area (Å²) in [5.41, 5.74) is 3.93. The van der Waals surface area contributed by atoms with Crippen molar-refractivity contribution < 1.29 is 13.9 Å². The number of rotatable bonds is 5. The van der Waals surface area contributed by atoms with E-state index >= 15 is 0 Å². The van der Waals surface area contributed by atoms with Crippen LogP contribution in [0.4, 0.5) is 4.39 Å². The molecule has 0 unspecified atom stereocenters. The van der Waals surface area contributed by atoms with Crippen molar-refractivity contribution in [3.63, 3.8) is 0 Å². The summed E-state index contributed by atoms with van der Waals surface area (Å²) in [4.78, 5) is 17.2. The molecule has 1 amide bonds. The van der Waals surface area contributed by atoms with Crippen LogP contribution in [0, 0.1) is 0 Å². The first-order valence-electron chi connectivity index (χ1n) is 11.8. The fraction of sp³-hybridized carbons (Fsp3) is 0.625. The second-order valence-corrected chi connectivity index (χ2v) is 9.21. The number of likely N-dealkylation sites (tertiary alicyclic amines) is 1. The summed E-state index contributed by atoms with van der Waals surface area (Å²) < 4.78 is 20.0. The van der Waals surface area contributed by atoms with Crippen molar-refractivity contribution in [3.8, 4) is 0 Å². The molecule has 31 heavy (non-hydrogen) atoms. The summed E-state index contributed by atoms with van der Waals surface area (Å²) in [6.45, 7) is 5.23. The molecule has 0 aromatic heterocycles. The van der Waals surface area contributed by atoms with Crippen molar-refractivity contribution in [2.75, 3.05) is 45.9 Å². The molecule has 0 aromatic rings. The van der Waals surface area contributed by atoms with Crippen LogP contribution in [-0.2, 0) is 9.53 Å². The Morgan fingerprint density at radius 3 is 2.68 bits per heavy atom. The fourth-order valence-electron chi connectivity index (χ4n) is 5.07. The van der Waals surface area contributed by atoms with Crippen LogP contribution in [-0.4, -0.2) is 67.7 Å². The van der Waals surface area contributed by atoms with Crippen molar-refractivity contribution in [2.24, 2.45) is 0 Å². The van der Waals surface area contributed by atoms with Crippen LogP contribution in [0.1, 0.15) is 44.9 Å². The normalized spacial score (nSPS) is 24.9. The van der Waals surface area contributed by atoms with Gasteiger partial charge in [-0.05, 0) is 68.2 Å². The Kier molecular flexibility index (Phi) is 6.14. The predicted octanol–water partition coefficient (Wildman–Crippen LogP) is 2.73. The average Bonchev–Trinajstić information content (AvgIpc) is 2.78. The number of carbonyl (C=O) groups is 1. The highest BCUT2D eigenvalue weighted by Crippen LogP contribution is 2.34. The van der Waals surface area contributed by atoms with Gasteiger partial charge in [-0.3, -0.25) is 4.79 Å². The Morgan fingerprint density at radius 2 is 1.94 bits per heavy atom. The number of hydrogen-bond acceptors (Lipinski definition) is 5. The highest BCUT2D eigenvalue weighted by molar-refractivity contribution is 5.94. The zero-order valence-corrected chi connectivity index (χ0v) is 18.2. The van der Waals surface area contributed by atoms with Gasteiger partial charge in [0.15, 0.2) is 0 Å². The van der Waals surface area contributed by atoms with E-state index in [0.29, 0.717) is 19.1 Å². The van der Waals surface area contributed by atoms with Gasteiger partial charge in [0.05, 0.1) is 19.3 Å². The largest absolute Gasteiger partial charge is 0.378 e. The third-order valence-electron chi connectivity index (χ3n) is 7.02. The molecule has 0 aromatic carbocycles. The van der Waals surface area contributed by atoms with Gasteiger partial charge >= 0.3 is 0 Å². The van der Waals surface area contributed by atoms with E-state index in [4.69, 9.17) is 4.74 Å². The van der Waals surface area contributed by atoms with Gasteiger partial charge in [-0.15, -0.1) is 0 Å². The summed E-state index contributed by atoms with van der Waals surface area (Å²) in [6, 6.07) is 0.362. The summed E-state index contributed by atoms with van der Waals surface area (Å²) in [5.74, 6) is 1.14. The van der Waals surface area contributed by atoms with Gasteiger partial charge in [-0.25, -0.2) is 4.39 Å². The van der Waals surface area contributed by atoms with E-state index in [2.05, 4.69) is 21.6 Å². The number of amides is 1. The summed E-state index contributed by atoms with van der Waals surface area (Å²) >= 11 is 0. The number of nitrogens with zero attached hydrogens (tertiary/aromatic N) is 2. The Labute approximate surface area is 183 Å². The number of piperidine rings is 1. The van der Waals surface area contributed by atoms with Crippen molar-refractivity contribution in [3.05, 3.63) is 46.2 Å². The first kappa shape index (κ1) is 20.8. The lowest BCUT2D eigenvalue weighted by molar-refractivity contribution is -0.128. The molecule has 6 nitrogen and oxygen atoms in total. The molecule has 1 aliphatic carbocycles. The second kappa shape index (κ2) is 9.17. The number of dihydropyridines is 1. The van der Waals surface area contributed by atoms with Crippen molar-refractivity contribution >= 4 is 5.91 Å². The fourth-order valence-corrected chi connectivity index (χ4v) is 5.07. The third-order valence-corrected chi connectivity index (χ3v) is 7.02.